The van der Waals surface area contributed by atoms with E-state index in [9.17, 15) is 0 Å². The zero-order valence-electron chi connectivity index (χ0n) is 10.7. The van der Waals surface area contributed by atoms with Gasteiger partial charge in [-0.05, 0) is 25.0 Å². The van der Waals surface area contributed by atoms with E-state index in [0.29, 0.717) is 6.04 Å². The molecule has 3 heteroatoms. The molecular weight excluding hydrogens is 210 g/mol. The summed E-state index contributed by atoms with van der Waals surface area (Å²) in [7, 11) is 2.03. The van der Waals surface area contributed by atoms with Gasteiger partial charge in [-0.3, -0.25) is 4.99 Å². The smallest absolute Gasteiger partial charge is 0.151 e. The van der Waals surface area contributed by atoms with Crippen LogP contribution in [0.3, 0.4) is 0 Å². The number of aromatic nitrogens is 2. The summed E-state index contributed by atoms with van der Waals surface area (Å²) in [6, 6.07) is 8.57. The Kier molecular flexibility index (Phi) is 3.57. The van der Waals surface area contributed by atoms with Crippen molar-refractivity contribution in [2.75, 3.05) is 0 Å². The number of rotatable bonds is 4. The Balaban J connectivity index is 2.33. The van der Waals surface area contributed by atoms with Crippen LogP contribution in [-0.2, 0) is 7.05 Å². The van der Waals surface area contributed by atoms with Crippen LogP contribution in [0.25, 0.3) is 11.0 Å². The van der Waals surface area contributed by atoms with Crippen molar-refractivity contribution in [3.8, 4) is 0 Å². The highest BCUT2D eigenvalue weighted by atomic mass is 15.1. The minimum absolute atomic E-state index is 0.412. The second-order valence-electron chi connectivity index (χ2n) is 4.27. The van der Waals surface area contributed by atoms with Gasteiger partial charge >= 0.3 is 0 Å². The summed E-state index contributed by atoms with van der Waals surface area (Å²) in [5.74, 6) is 0.929. The van der Waals surface area contributed by atoms with Gasteiger partial charge in [-0.1, -0.05) is 26.0 Å². The third-order valence-electron chi connectivity index (χ3n) is 3.17. The molecule has 0 unspecified atom stereocenters. The fourth-order valence-corrected chi connectivity index (χ4v) is 1.95. The summed E-state index contributed by atoms with van der Waals surface area (Å²) in [5.41, 5.74) is 2.18. The SMILES string of the molecule is CCC(CC)N=Cc1nc2ccccc2n1C. The van der Waals surface area contributed by atoms with Gasteiger partial charge in [0.2, 0.25) is 0 Å². The largest absolute Gasteiger partial charge is 0.326 e. The fourth-order valence-electron chi connectivity index (χ4n) is 1.95. The van der Waals surface area contributed by atoms with E-state index in [1.54, 1.807) is 0 Å². The predicted molar refractivity (Wildman–Crippen MR) is 72.7 cm³/mol. The van der Waals surface area contributed by atoms with Crippen LogP contribution >= 0.6 is 0 Å². The zero-order chi connectivity index (χ0) is 12.3. The van der Waals surface area contributed by atoms with Gasteiger partial charge in [-0.2, -0.15) is 0 Å². The van der Waals surface area contributed by atoms with Crippen LogP contribution in [0, 0.1) is 0 Å². The van der Waals surface area contributed by atoms with Crippen LogP contribution in [0.5, 0.6) is 0 Å². The Hall–Kier alpha value is -1.64. The maximum atomic E-state index is 4.58. The third kappa shape index (κ3) is 2.38. The van der Waals surface area contributed by atoms with E-state index in [4.69, 9.17) is 0 Å². The standard InChI is InChI=1S/C14H19N3/c1-4-11(5-2)15-10-14-16-12-8-6-7-9-13(12)17(14)3/h6-11H,4-5H2,1-3H3. The van der Waals surface area contributed by atoms with Crippen molar-refractivity contribution in [2.24, 2.45) is 12.0 Å². The number of hydrogen-bond donors (Lipinski definition) is 0. The Morgan fingerprint density at radius 3 is 2.65 bits per heavy atom. The molecule has 90 valence electrons. The van der Waals surface area contributed by atoms with Crippen molar-refractivity contribution in [3.63, 3.8) is 0 Å². The number of para-hydroxylation sites is 2. The second kappa shape index (κ2) is 5.13. The highest BCUT2D eigenvalue weighted by Gasteiger charge is 2.05. The molecule has 1 aromatic heterocycles. The molecular formula is C14H19N3. The third-order valence-corrected chi connectivity index (χ3v) is 3.17. The number of hydrogen-bond acceptors (Lipinski definition) is 2. The van der Waals surface area contributed by atoms with Crippen molar-refractivity contribution in [2.45, 2.75) is 32.7 Å². The first-order chi connectivity index (χ1) is 8.26. The van der Waals surface area contributed by atoms with Crippen LogP contribution in [0.4, 0.5) is 0 Å². The van der Waals surface area contributed by atoms with E-state index in [1.807, 2.05) is 31.5 Å². The van der Waals surface area contributed by atoms with Gasteiger partial charge in [-0.25, -0.2) is 4.98 Å². The number of fused-ring (bicyclic) bond motifs is 1. The summed E-state index contributed by atoms with van der Waals surface area (Å²) >= 11 is 0. The highest BCUT2D eigenvalue weighted by Crippen LogP contribution is 2.13. The Morgan fingerprint density at radius 2 is 2.00 bits per heavy atom. The van der Waals surface area contributed by atoms with Gasteiger partial charge < -0.3 is 4.57 Å². The Bertz CT molecular complexity index is 521. The molecule has 0 bridgehead atoms. The van der Waals surface area contributed by atoms with Gasteiger partial charge in [-0.15, -0.1) is 0 Å². The summed E-state index contributed by atoms with van der Waals surface area (Å²) in [4.78, 5) is 9.15. The summed E-state index contributed by atoms with van der Waals surface area (Å²) in [6.45, 7) is 4.33. The average molecular weight is 229 g/mol. The Morgan fingerprint density at radius 1 is 1.29 bits per heavy atom. The molecule has 0 aliphatic rings. The van der Waals surface area contributed by atoms with Crippen LogP contribution in [0.15, 0.2) is 29.3 Å². The number of aliphatic imine (C=N–C) groups is 1. The normalized spacial score (nSPS) is 12.0. The second-order valence-corrected chi connectivity index (χ2v) is 4.27. The van der Waals surface area contributed by atoms with E-state index >= 15 is 0 Å². The van der Waals surface area contributed by atoms with Crippen LogP contribution in [-0.4, -0.2) is 21.8 Å². The molecule has 0 aliphatic heterocycles. The molecule has 17 heavy (non-hydrogen) atoms. The molecule has 2 aromatic rings. The molecule has 1 heterocycles. The number of aryl methyl sites for hydroxylation is 1. The molecule has 0 radical (unpaired) electrons. The molecule has 1 aromatic carbocycles. The molecule has 2 rings (SSSR count). The van der Waals surface area contributed by atoms with Crippen molar-refractivity contribution in [1.82, 2.24) is 9.55 Å². The van der Waals surface area contributed by atoms with E-state index in [2.05, 4.69) is 34.5 Å². The summed E-state index contributed by atoms with van der Waals surface area (Å²) in [6.07, 6.45) is 4.06. The number of imidazole rings is 1. The maximum Gasteiger partial charge on any atom is 0.151 e. The quantitative estimate of drug-likeness (QED) is 0.740. The van der Waals surface area contributed by atoms with Crippen molar-refractivity contribution in [3.05, 3.63) is 30.1 Å². The molecule has 0 amide bonds. The fraction of sp³-hybridized carbons (Fsp3) is 0.429. The van der Waals surface area contributed by atoms with Gasteiger partial charge in [0.1, 0.15) is 0 Å². The van der Waals surface area contributed by atoms with E-state index in [1.165, 1.54) is 0 Å². The minimum atomic E-state index is 0.412. The molecule has 0 atom stereocenters. The first-order valence-electron chi connectivity index (χ1n) is 6.20. The monoisotopic (exact) mass is 229 g/mol. The van der Waals surface area contributed by atoms with Crippen LogP contribution in [0.2, 0.25) is 0 Å². The van der Waals surface area contributed by atoms with Crippen molar-refractivity contribution >= 4 is 17.2 Å². The topological polar surface area (TPSA) is 30.2 Å². The Labute approximate surface area is 102 Å². The molecule has 3 nitrogen and oxygen atoms in total. The first-order valence-corrected chi connectivity index (χ1v) is 6.20. The predicted octanol–water partition coefficient (Wildman–Crippen LogP) is 3.18. The van der Waals surface area contributed by atoms with Gasteiger partial charge in [0.15, 0.2) is 5.82 Å². The van der Waals surface area contributed by atoms with Gasteiger partial charge in [0, 0.05) is 13.1 Å². The van der Waals surface area contributed by atoms with Gasteiger partial charge in [0.05, 0.1) is 17.2 Å². The number of benzene rings is 1. The van der Waals surface area contributed by atoms with E-state index in [-0.39, 0.29) is 0 Å². The van der Waals surface area contributed by atoms with Crippen LogP contribution < -0.4 is 0 Å². The summed E-state index contributed by atoms with van der Waals surface area (Å²) in [5, 5.41) is 0. The van der Waals surface area contributed by atoms with Crippen molar-refractivity contribution in [1.29, 1.82) is 0 Å². The van der Waals surface area contributed by atoms with Crippen LogP contribution in [0.1, 0.15) is 32.5 Å². The lowest BCUT2D eigenvalue weighted by Crippen LogP contribution is -2.03. The molecule has 0 aliphatic carbocycles. The molecule has 0 saturated heterocycles. The lowest BCUT2D eigenvalue weighted by molar-refractivity contribution is 0.633. The molecule has 0 saturated carbocycles. The van der Waals surface area contributed by atoms with Crippen molar-refractivity contribution < 1.29 is 0 Å². The highest BCUT2D eigenvalue weighted by molar-refractivity contribution is 5.84. The summed E-state index contributed by atoms with van der Waals surface area (Å²) < 4.78 is 2.08. The first kappa shape index (κ1) is 11.8. The maximum absolute atomic E-state index is 4.58. The molecule has 0 fully saturated rings. The number of nitrogens with zero attached hydrogens (tertiary/aromatic N) is 3. The lowest BCUT2D eigenvalue weighted by atomic mass is 10.2. The van der Waals surface area contributed by atoms with Gasteiger partial charge in [0.25, 0.3) is 0 Å². The van der Waals surface area contributed by atoms with E-state index in [0.717, 1.165) is 29.7 Å². The lowest BCUT2D eigenvalue weighted by Gasteiger charge is -2.04. The van der Waals surface area contributed by atoms with E-state index < -0.39 is 0 Å². The molecule has 0 N–H and O–H groups in total. The zero-order valence-corrected chi connectivity index (χ0v) is 10.7. The average Bonchev–Trinajstić information content (AvgIpc) is 2.68. The molecule has 0 spiro atoms. The minimum Gasteiger partial charge on any atom is -0.326 e.